The molecule has 2 aromatic heterocycles. The zero-order chi connectivity index (χ0) is 19.6. The van der Waals surface area contributed by atoms with Gasteiger partial charge in [-0.15, -0.1) is 22.7 Å². The summed E-state index contributed by atoms with van der Waals surface area (Å²) < 4.78 is 0.704. The molecule has 0 atom stereocenters. The molecule has 3 N–H and O–H groups in total. The lowest BCUT2D eigenvalue weighted by Gasteiger charge is -2.10. The number of carbonyl (C=O) groups is 3. The number of hydrazine groups is 1. The molecular formula is C17H17Cl2N3O3S2. The van der Waals surface area contributed by atoms with Gasteiger partial charge in [0.1, 0.15) is 9.34 Å². The molecule has 1 aliphatic rings. The summed E-state index contributed by atoms with van der Waals surface area (Å²) in [5.41, 5.74) is 6.29. The number of fused-ring (bicyclic) bond motifs is 1. The predicted octanol–water partition coefficient (Wildman–Crippen LogP) is 4.42. The first kappa shape index (κ1) is 20.1. The summed E-state index contributed by atoms with van der Waals surface area (Å²) in [6.07, 6.45) is 4.73. The van der Waals surface area contributed by atoms with Crippen LogP contribution in [0.5, 0.6) is 0 Å². The van der Waals surface area contributed by atoms with E-state index in [1.54, 1.807) is 0 Å². The number of nitrogens with one attached hydrogen (secondary N) is 3. The van der Waals surface area contributed by atoms with Crippen LogP contribution in [0.1, 0.15) is 57.3 Å². The fourth-order valence-corrected chi connectivity index (χ4v) is 5.68. The summed E-state index contributed by atoms with van der Waals surface area (Å²) in [5.74, 6) is -1.25. The molecule has 3 rings (SSSR count). The van der Waals surface area contributed by atoms with Crippen LogP contribution in [-0.4, -0.2) is 17.7 Å². The Morgan fingerprint density at radius 1 is 1.00 bits per heavy atom. The summed E-state index contributed by atoms with van der Waals surface area (Å²) in [4.78, 5) is 37.5. The number of hydrogen-bond donors (Lipinski definition) is 3. The van der Waals surface area contributed by atoms with Crippen LogP contribution >= 0.6 is 45.9 Å². The van der Waals surface area contributed by atoms with Gasteiger partial charge in [-0.05, 0) is 37.3 Å². The highest BCUT2D eigenvalue weighted by Crippen LogP contribution is 2.38. The molecule has 3 amide bonds. The van der Waals surface area contributed by atoms with E-state index in [0.29, 0.717) is 19.2 Å². The molecule has 0 unspecified atom stereocenters. The third kappa shape index (κ3) is 4.63. The Kier molecular flexibility index (Phi) is 6.41. The minimum absolute atomic E-state index is 0.267. The number of hydrogen-bond acceptors (Lipinski definition) is 5. The van der Waals surface area contributed by atoms with Gasteiger partial charge in [-0.25, -0.2) is 0 Å². The van der Waals surface area contributed by atoms with E-state index in [1.165, 1.54) is 24.3 Å². The van der Waals surface area contributed by atoms with Crippen LogP contribution in [0, 0.1) is 0 Å². The van der Waals surface area contributed by atoms with E-state index in [1.807, 2.05) is 0 Å². The van der Waals surface area contributed by atoms with Crippen molar-refractivity contribution in [3.8, 4) is 0 Å². The van der Waals surface area contributed by atoms with Crippen LogP contribution in [0.4, 0.5) is 5.00 Å². The smallest absolute Gasteiger partial charge is 0.272 e. The molecule has 0 radical (unpaired) electrons. The van der Waals surface area contributed by atoms with Crippen LogP contribution < -0.4 is 16.2 Å². The number of anilines is 1. The molecule has 2 heterocycles. The van der Waals surface area contributed by atoms with Crippen LogP contribution in [-0.2, 0) is 17.6 Å². The molecular weight excluding hydrogens is 429 g/mol. The van der Waals surface area contributed by atoms with Crippen LogP contribution in [0.2, 0.25) is 8.67 Å². The van der Waals surface area contributed by atoms with Gasteiger partial charge in [0.15, 0.2) is 0 Å². The third-order valence-corrected chi connectivity index (χ3v) is 6.82. The Bertz CT molecular complexity index is 908. The third-order valence-electron chi connectivity index (χ3n) is 4.13. The SMILES string of the molecule is CC(=O)NNC(=O)c1c(NC(=O)c2cc(Cl)sc2Cl)sc2c1CCCCC2. The van der Waals surface area contributed by atoms with Gasteiger partial charge in [-0.3, -0.25) is 25.2 Å². The molecule has 0 fully saturated rings. The number of carbonyl (C=O) groups excluding carboxylic acids is 3. The van der Waals surface area contributed by atoms with Crippen molar-refractivity contribution in [2.45, 2.75) is 39.0 Å². The summed E-state index contributed by atoms with van der Waals surface area (Å²) >= 11 is 14.5. The summed E-state index contributed by atoms with van der Waals surface area (Å²) in [5, 5.41) is 3.25. The molecule has 0 aliphatic heterocycles. The second kappa shape index (κ2) is 8.60. The Balaban J connectivity index is 1.93. The Morgan fingerprint density at radius 3 is 2.41 bits per heavy atom. The number of amides is 3. The lowest BCUT2D eigenvalue weighted by atomic mass is 10.1. The standard InChI is InChI=1S/C17H17Cl2N3O3S2/c1-8(23)21-22-16(25)13-9-5-3-2-4-6-11(9)26-17(13)20-15(24)10-7-12(18)27-14(10)19/h7H,2-6H2,1H3,(H,20,24)(H,21,23)(H,22,25). The fourth-order valence-electron chi connectivity index (χ4n) is 2.94. The first-order chi connectivity index (χ1) is 12.9. The van der Waals surface area contributed by atoms with E-state index in [-0.39, 0.29) is 11.5 Å². The zero-order valence-electron chi connectivity index (χ0n) is 14.4. The van der Waals surface area contributed by atoms with E-state index in [2.05, 4.69) is 16.2 Å². The molecule has 6 nitrogen and oxygen atoms in total. The number of thiophene rings is 2. The van der Waals surface area contributed by atoms with Gasteiger partial charge in [-0.1, -0.05) is 29.6 Å². The van der Waals surface area contributed by atoms with Crippen molar-refractivity contribution >= 4 is 68.6 Å². The second-order valence-corrected chi connectivity index (χ2v) is 9.49. The fraction of sp³-hybridized carbons (Fsp3) is 0.353. The van der Waals surface area contributed by atoms with Crippen molar-refractivity contribution in [3.63, 3.8) is 0 Å². The Hall–Kier alpha value is -1.61. The maximum Gasteiger partial charge on any atom is 0.272 e. The van der Waals surface area contributed by atoms with E-state index in [9.17, 15) is 14.4 Å². The van der Waals surface area contributed by atoms with Crippen molar-refractivity contribution in [3.05, 3.63) is 36.3 Å². The molecule has 2 aromatic rings. The van der Waals surface area contributed by atoms with E-state index in [4.69, 9.17) is 23.2 Å². The predicted molar refractivity (Wildman–Crippen MR) is 109 cm³/mol. The minimum Gasteiger partial charge on any atom is -0.313 e. The molecule has 0 aromatic carbocycles. The van der Waals surface area contributed by atoms with Crippen molar-refractivity contribution < 1.29 is 14.4 Å². The van der Waals surface area contributed by atoms with Gasteiger partial charge in [0.25, 0.3) is 11.8 Å². The highest BCUT2D eigenvalue weighted by Gasteiger charge is 2.27. The van der Waals surface area contributed by atoms with Gasteiger partial charge in [0, 0.05) is 11.8 Å². The van der Waals surface area contributed by atoms with Crippen molar-refractivity contribution in [1.29, 1.82) is 0 Å². The average Bonchev–Trinajstić information content (AvgIpc) is 3.02. The Morgan fingerprint density at radius 2 is 1.74 bits per heavy atom. The lowest BCUT2D eigenvalue weighted by molar-refractivity contribution is -0.119. The summed E-state index contributed by atoms with van der Waals surface area (Å²) in [6.45, 7) is 1.30. The zero-order valence-corrected chi connectivity index (χ0v) is 17.6. The largest absolute Gasteiger partial charge is 0.313 e. The molecule has 0 spiro atoms. The molecule has 0 saturated heterocycles. The van der Waals surface area contributed by atoms with Gasteiger partial charge in [0.05, 0.1) is 15.5 Å². The van der Waals surface area contributed by atoms with Gasteiger partial charge in [-0.2, -0.15) is 0 Å². The van der Waals surface area contributed by atoms with Crippen molar-refractivity contribution in [2.24, 2.45) is 0 Å². The van der Waals surface area contributed by atoms with Crippen LogP contribution in [0.3, 0.4) is 0 Å². The maximum absolute atomic E-state index is 12.7. The van der Waals surface area contributed by atoms with Crippen LogP contribution in [0.15, 0.2) is 6.07 Å². The molecule has 10 heteroatoms. The lowest BCUT2D eigenvalue weighted by Crippen LogP contribution is -2.40. The van der Waals surface area contributed by atoms with Crippen molar-refractivity contribution in [1.82, 2.24) is 10.9 Å². The molecule has 0 bridgehead atoms. The van der Waals surface area contributed by atoms with E-state index < -0.39 is 11.8 Å². The average molecular weight is 446 g/mol. The monoisotopic (exact) mass is 445 g/mol. The van der Waals surface area contributed by atoms with E-state index >= 15 is 0 Å². The minimum atomic E-state index is -0.450. The summed E-state index contributed by atoms with van der Waals surface area (Å²) in [7, 11) is 0. The second-order valence-electron chi connectivity index (χ2n) is 6.10. The number of halogens is 2. The molecule has 27 heavy (non-hydrogen) atoms. The highest BCUT2D eigenvalue weighted by molar-refractivity contribution is 7.20. The summed E-state index contributed by atoms with van der Waals surface area (Å²) in [6, 6.07) is 1.50. The molecule has 0 saturated carbocycles. The van der Waals surface area contributed by atoms with Crippen molar-refractivity contribution in [2.75, 3.05) is 5.32 Å². The maximum atomic E-state index is 12.7. The van der Waals surface area contributed by atoms with E-state index in [0.717, 1.165) is 53.9 Å². The normalized spacial score (nSPS) is 13.4. The first-order valence-electron chi connectivity index (χ1n) is 8.34. The van der Waals surface area contributed by atoms with Gasteiger partial charge in [0.2, 0.25) is 5.91 Å². The Labute approximate surface area is 174 Å². The highest BCUT2D eigenvalue weighted by atomic mass is 35.5. The van der Waals surface area contributed by atoms with Gasteiger partial charge < -0.3 is 5.32 Å². The number of rotatable bonds is 3. The number of aryl methyl sites for hydroxylation is 1. The first-order valence-corrected chi connectivity index (χ1v) is 10.7. The van der Waals surface area contributed by atoms with Gasteiger partial charge >= 0.3 is 0 Å². The topological polar surface area (TPSA) is 87.3 Å². The quantitative estimate of drug-likeness (QED) is 0.482. The molecule has 1 aliphatic carbocycles. The van der Waals surface area contributed by atoms with Crippen LogP contribution in [0.25, 0.3) is 0 Å². The molecule has 144 valence electrons.